The van der Waals surface area contributed by atoms with E-state index in [-0.39, 0.29) is 0 Å². The summed E-state index contributed by atoms with van der Waals surface area (Å²) in [5.41, 5.74) is 2.30. The molecule has 0 unspecified atom stereocenters. The normalized spacial score (nSPS) is 10.3. The van der Waals surface area contributed by atoms with E-state index in [2.05, 4.69) is 34.1 Å². The van der Waals surface area contributed by atoms with Crippen LogP contribution in [-0.2, 0) is 6.54 Å². The Morgan fingerprint density at radius 2 is 1.83 bits per heavy atom. The molecule has 0 N–H and O–H groups in total. The van der Waals surface area contributed by atoms with Gasteiger partial charge in [0, 0.05) is 24.7 Å². The fourth-order valence-corrected chi connectivity index (χ4v) is 2.09. The van der Waals surface area contributed by atoms with Gasteiger partial charge in [-0.1, -0.05) is 36.4 Å². The van der Waals surface area contributed by atoms with Crippen LogP contribution in [0.2, 0.25) is 0 Å². The smallest absolute Gasteiger partial charge is 0.129 e. The number of anilines is 1. The topological polar surface area (TPSA) is 16.1 Å². The number of nitrogens with zero attached hydrogens (tertiary/aromatic N) is 2. The van der Waals surface area contributed by atoms with Crippen LogP contribution in [0, 0.1) is 6.92 Å². The van der Waals surface area contributed by atoms with E-state index in [9.17, 15) is 0 Å². The van der Waals surface area contributed by atoms with Crippen molar-refractivity contribution in [1.29, 1.82) is 0 Å². The molecule has 0 fully saturated rings. The minimum absolute atomic E-state index is 0.600. The quantitative estimate of drug-likeness (QED) is 0.763. The molecule has 0 atom stereocenters. The van der Waals surface area contributed by atoms with Crippen molar-refractivity contribution in [2.45, 2.75) is 13.5 Å². The van der Waals surface area contributed by atoms with Gasteiger partial charge in [0.1, 0.15) is 5.82 Å². The van der Waals surface area contributed by atoms with Crippen LogP contribution in [0.3, 0.4) is 0 Å². The molecule has 2 rings (SSSR count). The van der Waals surface area contributed by atoms with Crippen molar-refractivity contribution in [3.05, 3.63) is 59.8 Å². The molecule has 0 aliphatic carbocycles. The zero-order valence-electron chi connectivity index (χ0n) is 10.5. The number of halogens is 1. The lowest BCUT2D eigenvalue weighted by atomic mass is 10.2. The van der Waals surface area contributed by atoms with Crippen molar-refractivity contribution in [3.8, 4) is 0 Å². The SMILES string of the molecule is Cc1cccc(N(CCCl)Cc2ccccc2)n1. The molecule has 1 aromatic carbocycles. The van der Waals surface area contributed by atoms with Crippen LogP contribution < -0.4 is 4.90 Å². The first-order chi connectivity index (χ1) is 8.79. The lowest BCUT2D eigenvalue weighted by Gasteiger charge is -2.23. The van der Waals surface area contributed by atoms with Crippen LogP contribution in [0.4, 0.5) is 5.82 Å². The summed E-state index contributed by atoms with van der Waals surface area (Å²) in [4.78, 5) is 6.76. The van der Waals surface area contributed by atoms with E-state index in [4.69, 9.17) is 11.6 Å². The van der Waals surface area contributed by atoms with Crippen LogP contribution in [-0.4, -0.2) is 17.4 Å². The zero-order chi connectivity index (χ0) is 12.8. The Morgan fingerprint density at radius 1 is 1.06 bits per heavy atom. The van der Waals surface area contributed by atoms with Crippen LogP contribution in [0.1, 0.15) is 11.3 Å². The summed E-state index contributed by atoms with van der Waals surface area (Å²) < 4.78 is 0. The molecule has 18 heavy (non-hydrogen) atoms. The summed E-state index contributed by atoms with van der Waals surface area (Å²) in [6.45, 7) is 3.64. The van der Waals surface area contributed by atoms with E-state index in [1.807, 2.05) is 31.2 Å². The van der Waals surface area contributed by atoms with Crippen LogP contribution >= 0.6 is 11.6 Å². The van der Waals surface area contributed by atoms with Crippen LogP contribution in [0.25, 0.3) is 0 Å². The first kappa shape index (κ1) is 12.9. The van der Waals surface area contributed by atoms with Crippen molar-refractivity contribution < 1.29 is 0 Å². The minimum Gasteiger partial charge on any atom is -0.351 e. The molecule has 0 aliphatic heterocycles. The summed E-state index contributed by atoms with van der Waals surface area (Å²) in [5.74, 6) is 1.59. The average molecular weight is 261 g/mol. The highest BCUT2D eigenvalue weighted by Crippen LogP contribution is 2.15. The maximum Gasteiger partial charge on any atom is 0.129 e. The van der Waals surface area contributed by atoms with Crippen LogP contribution in [0.5, 0.6) is 0 Å². The maximum absolute atomic E-state index is 5.88. The molecule has 0 saturated heterocycles. The number of hydrogen-bond donors (Lipinski definition) is 0. The summed E-state index contributed by atoms with van der Waals surface area (Å²) >= 11 is 5.88. The van der Waals surface area contributed by atoms with Gasteiger partial charge in [0.25, 0.3) is 0 Å². The highest BCUT2D eigenvalue weighted by Gasteiger charge is 2.08. The van der Waals surface area contributed by atoms with E-state index < -0.39 is 0 Å². The van der Waals surface area contributed by atoms with E-state index in [1.165, 1.54) is 5.56 Å². The largest absolute Gasteiger partial charge is 0.351 e. The van der Waals surface area contributed by atoms with Gasteiger partial charge in [-0.2, -0.15) is 0 Å². The predicted octanol–water partition coefficient (Wildman–Crippen LogP) is 3.64. The number of pyridine rings is 1. The van der Waals surface area contributed by atoms with Gasteiger partial charge in [-0.15, -0.1) is 11.6 Å². The van der Waals surface area contributed by atoms with E-state index in [1.54, 1.807) is 0 Å². The first-order valence-electron chi connectivity index (χ1n) is 6.08. The number of alkyl halides is 1. The third kappa shape index (κ3) is 3.47. The van der Waals surface area contributed by atoms with Gasteiger partial charge in [-0.05, 0) is 24.6 Å². The van der Waals surface area contributed by atoms with E-state index in [0.29, 0.717) is 5.88 Å². The van der Waals surface area contributed by atoms with Gasteiger partial charge in [0.2, 0.25) is 0 Å². The van der Waals surface area contributed by atoms with Crippen molar-refractivity contribution in [1.82, 2.24) is 4.98 Å². The molecule has 94 valence electrons. The predicted molar refractivity (Wildman–Crippen MR) is 77.2 cm³/mol. The highest BCUT2D eigenvalue weighted by molar-refractivity contribution is 6.18. The van der Waals surface area contributed by atoms with E-state index in [0.717, 1.165) is 24.6 Å². The Bertz CT molecular complexity index is 485. The van der Waals surface area contributed by atoms with Gasteiger partial charge in [0.15, 0.2) is 0 Å². The number of rotatable bonds is 5. The van der Waals surface area contributed by atoms with Gasteiger partial charge in [-0.3, -0.25) is 0 Å². The molecule has 2 nitrogen and oxygen atoms in total. The molecule has 2 aromatic rings. The number of aryl methyl sites for hydroxylation is 1. The molecule has 0 saturated carbocycles. The van der Waals surface area contributed by atoms with Gasteiger partial charge in [0.05, 0.1) is 0 Å². The third-order valence-electron chi connectivity index (χ3n) is 2.77. The number of aromatic nitrogens is 1. The standard InChI is InChI=1S/C15H17ClN2/c1-13-6-5-9-15(17-13)18(11-10-16)12-14-7-3-2-4-8-14/h2-9H,10-12H2,1H3. The average Bonchev–Trinajstić information content (AvgIpc) is 2.39. The Hall–Kier alpha value is -1.54. The summed E-state index contributed by atoms with van der Waals surface area (Å²) in [6, 6.07) is 16.4. The van der Waals surface area contributed by atoms with Crippen LogP contribution in [0.15, 0.2) is 48.5 Å². The minimum atomic E-state index is 0.600. The highest BCUT2D eigenvalue weighted by atomic mass is 35.5. The second kappa shape index (κ2) is 6.41. The Labute approximate surface area is 113 Å². The zero-order valence-corrected chi connectivity index (χ0v) is 11.3. The summed E-state index contributed by atoms with van der Waals surface area (Å²) in [7, 11) is 0. The maximum atomic E-state index is 5.88. The molecule has 3 heteroatoms. The fourth-order valence-electron chi connectivity index (χ4n) is 1.89. The molecule has 0 radical (unpaired) electrons. The molecule has 0 spiro atoms. The number of hydrogen-bond acceptors (Lipinski definition) is 2. The molecule has 1 aromatic heterocycles. The lowest BCUT2D eigenvalue weighted by Crippen LogP contribution is -2.25. The van der Waals surface area contributed by atoms with Crippen molar-refractivity contribution in [2.75, 3.05) is 17.3 Å². The number of benzene rings is 1. The molecule has 0 bridgehead atoms. The van der Waals surface area contributed by atoms with Crippen molar-refractivity contribution in [3.63, 3.8) is 0 Å². The fraction of sp³-hybridized carbons (Fsp3) is 0.267. The molecular formula is C15H17ClN2. The Morgan fingerprint density at radius 3 is 2.50 bits per heavy atom. The Balaban J connectivity index is 2.18. The van der Waals surface area contributed by atoms with Gasteiger partial charge in [-0.25, -0.2) is 4.98 Å². The molecule has 0 aliphatic rings. The van der Waals surface area contributed by atoms with Gasteiger partial charge < -0.3 is 4.90 Å². The Kier molecular flexibility index (Phi) is 4.59. The second-order valence-corrected chi connectivity index (χ2v) is 4.61. The summed E-state index contributed by atoms with van der Waals surface area (Å²) in [5, 5.41) is 0. The second-order valence-electron chi connectivity index (χ2n) is 4.23. The molecule has 0 amide bonds. The monoisotopic (exact) mass is 260 g/mol. The third-order valence-corrected chi connectivity index (χ3v) is 2.94. The lowest BCUT2D eigenvalue weighted by molar-refractivity contribution is 0.814. The van der Waals surface area contributed by atoms with Gasteiger partial charge >= 0.3 is 0 Å². The van der Waals surface area contributed by atoms with E-state index >= 15 is 0 Å². The molecular weight excluding hydrogens is 244 g/mol. The first-order valence-corrected chi connectivity index (χ1v) is 6.61. The summed E-state index contributed by atoms with van der Waals surface area (Å²) in [6.07, 6.45) is 0. The van der Waals surface area contributed by atoms with Crippen molar-refractivity contribution >= 4 is 17.4 Å². The van der Waals surface area contributed by atoms with Crippen molar-refractivity contribution in [2.24, 2.45) is 0 Å². The molecule has 1 heterocycles.